The Morgan fingerprint density at radius 2 is 1.66 bits per heavy atom. The molecule has 0 bridgehead atoms. The van der Waals surface area contributed by atoms with Crippen LogP contribution in [0.3, 0.4) is 0 Å². The van der Waals surface area contributed by atoms with E-state index in [1.54, 1.807) is 0 Å². The SMILES string of the molecule is CCNC(=NCCCCN1CCN(CC)CC1)N1CCN(c2cc(Cl)ccc2C)CC1.I. The van der Waals surface area contributed by atoms with Gasteiger partial charge >= 0.3 is 0 Å². The van der Waals surface area contributed by atoms with E-state index in [0.29, 0.717) is 0 Å². The minimum atomic E-state index is 0. The number of aryl methyl sites for hydroxylation is 1. The molecule has 182 valence electrons. The van der Waals surface area contributed by atoms with Gasteiger partial charge in [0.2, 0.25) is 0 Å². The first-order valence-electron chi connectivity index (χ1n) is 12.1. The summed E-state index contributed by atoms with van der Waals surface area (Å²) in [5.74, 6) is 1.07. The molecule has 2 fully saturated rings. The standard InChI is InChI=1S/C24H41ClN6.HI/c1-4-26-24(27-10-6-7-11-29-14-12-28(5-2)13-15-29)31-18-16-30(17-19-31)23-20-22(25)9-8-21(23)3;/h8-9,20H,4-7,10-19H2,1-3H3,(H,26,27);1H. The second-order valence-corrected chi connectivity index (χ2v) is 9.06. The van der Waals surface area contributed by atoms with E-state index in [4.69, 9.17) is 16.6 Å². The minimum Gasteiger partial charge on any atom is -0.368 e. The average molecular weight is 577 g/mol. The third-order valence-corrected chi connectivity index (χ3v) is 6.72. The van der Waals surface area contributed by atoms with Crippen molar-refractivity contribution >= 4 is 47.2 Å². The Morgan fingerprint density at radius 3 is 2.31 bits per heavy atom. The third-order valence-electron chi connectivity index (χ3n) is 6.48. The maximum atomic E-state index is 6.23. The highest BCUT2D eigenvalue weighted by molar-refractivity contribution is 14.0. The van der Waals surface area contributed by atoms with Crippen molar-refractivity contribution in [1.29, 1.82) is 0 Å². The summed E-state index contributed by atoms with van der Waals surface area (Å²) < 4.78 is 0. The number of unbranched alkanes of at least 4 members (excludes halogenated alkanes) is 1. The lowest BCUT2D eigenvalue weighted by Gasteiger charge is -2.38. The maximum Gasteiger partial charge on any atom is 0.194 e. The summed E-state index contributed by atoms with van der Waals surface area (Å²) in [6.45, 7) is 19.6. The van der Waals surface area contributed by atoms with Gasteiger partial charge in [0, 0.05) is 76.2 Å². The van der Waals surface area contributed by atoms with E-state index in [1.165, 1.54) is 56.9 Å². The molecular formula is C24H42ClIN6. The molecule has 0 atom stereocenters. The van der Waals surface area contributed by atoms with Gasteiger partial charge in [-0.1, -0.05) is 24.6 Å². The van der Waals surface area contributed by atoms with Crippen molar-refractivity contribution in [3.05, 3.63) is 28.8 Å². The van der Waals surface area contributed by atoms with Crippen molar-refractivity contribution in [2.75, 3.05) is 83.4 Å². The van der Waals surface area contributed by atoms with Crippen molar-refractivity contribution in [2.24, 2.45) is 4.99 Å². The fourth-order valence-corrected chi connectivity index (χ4v) is 4.64. The summed E-state index contributed by atoms with van der Waals surface area (Å²) >= 11 is 6.23. The second kappa shape index (κ2) is 14.5. The Bertz CT molecular complexity index is 700. The zero-order valence-electron chi connectivity index (χ0n) is 20.2. The van der Waals surface area contributed by atoms with Gasteiger partial charge in [-0.2, -0.15) is 0 Å². The molecule has 0 aromatic heterocycles. The van der Waals surface area contributed by atoms with E-state index in [9.17, 15) is 0 Å². The van der Waals surface area contributed by atoms with Crippen molar-refractivity contribution < 1.29 is 0 Å². The summed E-state index contributed by atoms with van der Waals surface area (Å²) in [5, 5.41) is 4.31. The van der Waals surface area contributed by atoms with Gasteiger partial charge in [0.15, 0.2) is 5.96 Å². The highest BCUT2D eigenvalue weighted by atomic mass is 127. The van der Waals surface area contributed by atoms with E-state index in [-0.39, 0.29) is 24.0 Å². The Kier molecular flexibility index (Phi) is 12.4. The summed E-state index contributed by atoms with van der Waals surface area (Å²) in [6, 6.07) is 6.17. The first-order chi connectivity index (χ1) is 15.1. The summed E-state index contributed by atoms with van der Waals surface area (Å²) in [5.41, 5.74) is 2.54. The number of hydrogen-bond donors (Lipinski definition) is 1. The van der Waals surface area contributed by atoms with Gasteiger partial charge in [0.05, 0.1) is 0 Å². The van der Waals surface area contributed by atoms with Crippen LogP contribution < -0.4 is 10.2 Å². The molecule has 1 aromatic carbocycles. The van der Waals surface area contributed by atoms with Gasteiger partial charge < -0.3 is 24.9 Å². The van der Waals surface area contributed by atoms with Crippen molar-refractivity contribution in [3.63, 3.8) is 0 Å². The molecule has 32 heavy (non-hydrogen) atoms. The first-order valence-corrected chi connectivity index (χ1v) is 12.5. The molecule has 0 unspecified atom stereocenters. The molecule has 2 aliphatic rings. The molecule has 2 heterocycles. The molecule has 1 N–H and O–H groups in total. The molecule has 0 amide bonds. The largest absolute Gasteiger partial charge is 0.368 e. The molecule has 0 spiro atoms. The highest BCUT2D eigenvalue weighted by Crippen LogP contribution is 2.25. The molecule has 8 heteroatoms. The predicted octanol–water partition coefficient (Wildman–Crippen LogP) is 3.77. The maximum absolute atomic E-state index is 6.23. The third kappa shape index (κ3) is 8.22. The number of hydrogen-bond acceptors (Lipinski definition) is 4. The summed E-state index contributed by atoms with van der Waals surface area (Å²) in [6.07, 6.45) is 2.39. The highest BCUT2D eigenvalue weighted by Gasteiger charge is 2.21. The van der Waals surface area contributed by atoms with E-state index in [1.807, 2.05) is 6.07 Å². The average Bonchev–Trinajstić information content (AvgIpc) is 2.80. The lowest BCUT2D eigenvalue weighted by atomic mass is 10.1. The number of aliphatic imine (C=N–C) groups is 1. The fraction of sp³-hybridized carbons (Fsp3) is 0.708. The number of anilines is 1. The molecule has 3 rings (SSSR count). The minimum absolute atomic E-state index is 0. The van der Waals surface area contributed by atoms with Crippen LogP contribution in [0.5, 0.6) is 0 Å². The molecule has 2 aliphatic heterocycles. The van der Waals surface area contributed by atoms with Gasteiger partial charge in [-0.05, 0) is 57.5 Å². The van der Waals surface area contributed by atoms with Gasteiger partial charge in [-0.15, -0.1) is 24.0 Å². The predicted molar refractivity (Wildman–Crippen MR) is 149 cm³/mol. The van der Waals surface area contributed by atoms with Crippen LogP contribution in [0.15, 0.2) is 23.2 Å². The number of halogens is 2. The zero-order valence-corrected chi connectivity index (χ0v) is 23.2. The number of guanidine groups is 1. The smallest absolute Gasteiger partial charge is 0.194 e. The number of benzene rings is 1. The number of nitrogens with zero attached hydrogens (tertiary/aromatic N) is 5. The Hall–Kier alpha value is -0.770. The van der Waals surface area contributed by atoms with Gasteiger partial charge in [0.1, 0.15) is 0 Å². The van der Waals surface area contributed by atoms with Crippen molar-refractivity contribution in [3.8, 4) is 0 Å². The number of nitrogens with one attached hydrogen (secondary N) is 1. The summed E-state index contributed by atoms with van der Waals surface area (Å²) in [4.78, 5) is 14.9. The zero-order chi connectivity index (χ0) is 22.1. The van der Waals surface area contributed by atoms with E-state index in [2.05, 4.69) is 57.8 Å². The number of piperazine rings is 2. The topological polar surface area (TPSA) is 37.4 Å². The lowest BCUT2D eigenvalue weighted by Crippen LogP contribution is -2.52. The molecular weight excluding hydrogens is 535 g/mol. The van der Waals surface area contributed by atoms with Crippen molar-refractivity contribution in [1.82, 2.24) is 20.0 Å². The Morgan fingerprint density at radius 1 is 0.969 bits per heavy atom. The molecule has 0 radical (unpaired) electrons. The number of rotatable bonds is 8. The van der Waals surface area contributed by atoms with Gasteiger partial charge in [-0.3, -0.25) is 4.99 Å². The lowest BCUT2D eigenvalue weighted by molar-refractivity contribution is 0.136. The molecule has 6 nitrogen and oxygen atoms in total. The Balaban J connectivity index is 0.00000363. The van der Waals surface area contributed by atoms with Crippen LogP contribution in [0, 0.1) is 6.92 Å². The quantitative estimate of drug-likeness (QED) is 0.221. The monoisotopic (exact) mass is 576 g/mol. The van der Waals surface area contributed by atoms with E-state index in [0.717, 1.165) is 56.7 Å². The normalized spacial score (nSPS) is 18.6. The van der Waals surface area contributed by atoms with Crippen LogP contribution in [0.2, 0.25) is 5.02 Å². The van der Waals surface area contributed by atoms with Gasteiger partial charge in [0.25, 0.3) is 0 Å². The van der Waals surface area contributed by atoms with Crippen LogP contribution in [0.25, 0.3) is 0 Å². The summed E-state index contributed by atoms with van der Waals surface area (Å²) in [7, 11) is 0. The molecule has 1 aromatic rings. The first kappa shape index (κ1) is 27.5. The number of likely N-dealkylation sites (N-methyl/N-ethyl adjacent to an activating group) is 1. The molecule has 0 aliphatic carbocycles. The van der Waals surface area contributed by atoms with E-state index >= 15 is 0 Å². The van der Waals surface area contributed by atoms with Crippen LogP contribution in [0.1, 0.15) is 32.3 Å². The van der Waals surface area contributed by atoms with Crippen molar-refractivity contribution in [2.45, 2.75) is 33.6 Å². The fourth-order valence-electron chi connectivity index (χ4n) is 4.47. The van der Waals surface area contributed by atoms with Crippen LogP contribution >= 0.6 is 35.6 Å². The van der Waals surface area contributed by atoms with Gasteiger partial charge in [-0.25, -0.2) is 0 Å². The van der Waals surface area contributed by atoms with E-state index < -0.39 is 0 Å². The second-order valence-electron chi connectivity index (χ2n) is 8.62. The molecule has 0 saturated carbocycles. The van der Waals surface area contributed by atoms with Crippen LogP contribution in [-0.4, -0.2) is 99.2 Å². The van der Waals surface area contributed by atoms with Crippen LogP contribution in [-0.2, 0) is 0 Å². The Labute approximate surface area is 217 Å². The van der Waals surface area contributed by atoms with Crippen LogP contribution in [0.4, 0.5) is 5.69 Å². The molecule has 2 saturated heterocycles.